The van der Waals surface area contributed by atoms with E-state index in [9.17, 15) is 0 Å². The van der Waals surface area contributed by atoms with Gasteiger partial charge in [-0.2, -0.15) is 0 Å². The molecule has 1 nitrogen and oxygen atoms in total. The Bertz CT molecular complexity index is 123. The summed E-state index contributed by atoms with van der Waals surface area (Å²) in [4.78, 5) is 0. The number of rotatable bonds is 3. The van der Waals surface area contributed by atoms with E-state index >= 15 is 0 Å². The molecule has 0 aliphatic rings. The lowest BCUT2D eigenvalue weighted by Gasteiger charge is -2.54. The minimum absolute atomic E-state index is 0.445. The molecule has 0 spiro atoms. The summed E-state index contributed by atoms with van der Waals surface area (Å²) >= 11 is 0. The molecule has 1 atom stereocenters. The molecule has 0 aliphatic heterocycles. The Morgan fingerprint density at radius 2 is 1.36 bits per heavy atom. The fraction of sp³-hybridized carbons (Fsp3) is 1.00. The van der Waals surface area contributed by atoms with Crippen LogP contribution in [0.5, 0.6) is 0 Å². The van der Waals surface area contributed by atoms with Gasteiger partial charge in [-0.15, -0.1) is 0 Å². The standard InChI is InChI=1S/C9H24OS/c1-8(2)9(10-3)11(4,5,6)7/h8-9,11H,1-7H3. The van der Waals surface area contributed by atoms with E-state index in [1.54, 1.807) is 0 Å². The van der Waals surface area contributed by atoms with E-state index in [4.69, 9.17) is 4.74 Å². The third-order valence-electron chi connectivity index (χ3n) is 1.83. The van der Waals surface area contributed by atoms with Gasteiger partial charge in [0.05, 0.1) is 5.44 Å². The molecule has 0 saturated heterocycles. The minimum Gasteiger partial charge on any atom is -0.374 e. The van der Waals surface area contributed by atoms with Crippen molar-refractivity contribution in [2.45, 2.75) is 19.3 Å². The highest BCUT2D eigenvalue weighted by Gasteiger charge is 2.32. The lowest BCUT2D eigenvalue weighted by molar-refractivity contribution is 0.132. The van der Waals surface area contributed by atoms with E-state index in [-0.39, 0.29) is 0 Å². The Hall–Kier alpha value is 0.310. The third-order valence-corrected chi connectivity index (χ3v) is 4.67. The smallest absolute Gasteiger partial charge is 0.0764 e. The molecule has 0 aromatic rings. The van der Waals surface area contributed by atoms with Crippen LogP contribution in [-0.2, 0) is 4.74 Å². The first-order chi connectivity index (χ1) is 4.65. The average molecular weight is 180 g/mol. The molecule has 0 radical (unpaired) electrons. The fourth-order valence-electron chi connectivity index (χ4n) is 1.89. The van der Waals surface area contributed by atoms with Crippen LogP contribution in [0.25, 0.3) is 0 Å². The van der Waals surface area contributed by atoms with Gasteiger partial charge in [0.2, 0.25) is 0 Å². The molecule has 1 unspecified atom stereocenters. The van der Waals surface area contributed by atoms with Crippen LogP contribution in [0.2, 0.25) is 0 Å². The SMILES string of the molecule is COC(C(C)C)[SH](C)(C)(C)C. The number of hydrogen-bond acceptors (Lipinski definition) is 1. The van der Waals surface area contributed by atoms with Crippen LogP contribution < -0.4 is 0 Å². The van der Waals surface area contributed by atoms with Crippen LogP contribution in [-0.4, -0.2) is 37.6 Å². The van der Waals surface area contributed by atoms with Crippen LogP contribution in [0.4, 0.5) is 0 Å². The predicted molar refractivity (Wildman–Crippen MR) is 58.3 cm³/mol. The normalized spacial score (nSPS) is 19.5. The quantitative estimate of drug-likeness (QED) is 0.655. The number of thiol groups is 1. The Morgan fingerprint density at radius 3 is 1.36 bits per heavy atom. The fourth-order valence-corrected chi connectivity index (χ4v) is 5.11. The van der Waals surface area contributed by atoms with Crippen molar-refractivity contribution in [3.05, 3.63) is 0 Å². The van der Waals surface area contributed by atoms with Crippen molar-refractivity contribution >= 4 is 9.16 Å². The molecule has 0 saturated carbocycles. The Morgan fingerprint density at radius 1 is 1.00 bits per heavy atom. The van der Waals surface area contributed by atoms with Gasteiger partial charge in [-0.1, -0.05) is 13.8 Å². The summed E-state index contributed by atoms with van der Waals surface area (Å²) in [6.45, 7) is 4.46. The summed E-state index contributed by atoms with van der Waals surface area (Å²) < 4.78 is 5.54. The maximum absolute atomic E-state index is 5.54. The molecular weight excluding hydrogens is 156 g/mol. The van der Waals surface area contributed by atoms with Crippen molar-refractivity contribution in [2.24, 2.45) is 5.92 Å². The second-order valence-electron chi connectivity index (χ2n) is 5.59. The Balaban J connectivity index is 4.52. The summed E-state index contributed by atoms with van der Waals surface area (Å²) in [6, 6.07) is 0. The molecule has 72 valence electrons. The summed E-state index contributed by atoms with van der Waals surface area (Å²) in [7, 11) is 0.294. The topological polar surface area (TPSA) is 9.23 Å². The van der Waals surface area contributed by atoms with Gasteiger partial charge in [0.1, 0.15) is 0 Å². The highest BCUT2D eigenvalue weighted by molar-refractivity contribution is 8.48. The highest BCUT2D eigenvalue weighted by atomic mass is 32.3. The summed E-state index contributed by atoms with van der Waals surface area (Å²) in [5.74, 6) is 0.627. The van der Waals surface area contributed by atoms with Gasteiger partial charge in [0.15, 0.2) is 0 Å². The van der Waals surface area contributed by atoms with E-state index < -0.39 is 9.16 Å². The Labute approximate surface area is 71.8 Å². The number of hydrogen-bond donors (Lipinski definition) is 1. The van der Waals surface area contributed by atoms with Crippen molar-refractivity contribution in [1.82, 2.24) is 0 Å². The van der Waals surface area contributed by atoms with Crippen molar-refractivity contribution in [3.63, 3.8) is 0 Å². The zero-order chi connectivity index (χ0) is 9.31. The monoisotopic (exact) mass is 180 g/mol. The van der Waals surface area contributed by atoms with Crippen LogP contribution in [0.3, 0.4) is 0 Å². The molecule has 0 aromatic carbocycles. The number of methoxy groups -OCH3 is 1. The molecule has 2 heteroatoms. The van der Waals surface area contributed by atoms with Crippen LogP contribution in [0.1, 0.15) is 13.8 Å². The van der Waals surface area contributed by atoms with Crippen molar-refractivity contribution in [2.75, 3.05) is 32.1 Å². The molecule has 0 aliphatic carbocycles. The lowest BCUT2D eigenvalue weighted by atomic mass is 10.2. The Kier molecular flexibility index (Phi) is 3.07. The molecule has 0 aromatic heterocycles. The molecule has 11 heavy (non-hydrogen) atoms. The van der Waals surface area contributed by atoms with Gasteiger partial charge in [0.25, 0.3) is 0 Å². The van der Waals surface area contributed by atoms with Gasteiger partial charge >= 0.3 is 0 Å². The third kappa shape index (κ3) is 3.48. The van der Waals surface area contributed by atoms with E-state index in [1.165, 1.54) is 0 Å². The second kappa shape index (κ2) is 2.98. The van der Waals surface area contributed by atoms with Crippen molar-refractivity contribution < 1.29 is 4.74 Å². The molecule has 0 amide bonds. The molecule has 0 N–H and O–H groups in total. The summed E-state index contributed by atoms with van der Waals surface area (Å²) in [6.07, 6.45) is 9.44. The van der Waals surface area contributed by atoms with Crippen molar-refractivity contribution in [3.8, 4) is 0 Å². The molecule has 0 bridgehead atoms. The first-order valence-corrected chi connectivity index (χ1v) is 8.27. The highest BCUT2D eigenvalue weighted by Crippen LogP contribution is 2.62. The van der Waals surface area contributed by atoms with Crippen molar-refractivity contribution in [1.29, 1.82) is 0 Å². The zero-order valence-electron chi connectivity index (χ0n) is 9.01. The molecular formula is C9H24OS. The van der Waals surface area contributed by atoms with E-state index in [1.807, 2.05) is 7.11 Å². The van der Waals surface area contributed by atoms with Gasteiger partial charge < -0.3 is 4.74 Å². The predicted octanol–water partition coefficient (Wildman–Crippen LogP) is 2.21. The lowest BCUT2D eigenvalue weighted by Crippen LogP contribution is -2.33. The number of ether oxygens (including phenoxy) is 1. The van der Waals surface area contributed by atoms with Gasteiger partial charge in [0, 0.05) is 7.11 Å². The van der Waals surface area contributed by atoms with E-state index in [0.29, 0.717) is 11.4 Å². The average Bonchev–Trinajstić information content (AvgIpc) is 1.57. The molecule has 0 fully saturated rings. The maximum Gasteiger partial charge on any atom is 0.0764 e. The molecule has 0 rings (SSSR count). The van der Waals surface area contributed by atoms with Crippen LogP contribution in [0, 0.1) is 5.92 Å². The zero-order valence-corrected chi connectivity index (χ0v) is 9.90. The largest absolute Gasteiger partial charge is 0.374 e. The first-order valence-electron chi connectivity index (χ1n) is 4.18. The summed E-state index contributed by atoms with van der Waals surface area (Å²) in [5.41, 5.74) is 0.445. The maximum atomic E-state index is 5.54. The van der Waals surface area contributed by atoms with Crippen LogP contribution in [0.15, 0.2) is 0 Å². The van der Waals surface area contributed by atoms with E-state index in [2.05, 4.69) is 38.9 Å². The van der Waals surface area contributed by atoms with Gasteiger partial charge in [-0.25, -0.2) is 0 Å². The minimum atomic E-state index is -1.53. The molecule has 0 heterocycles. The second-order valence-corrected chi connectivity index (χ2v) is 13.5. The summed E-state index contributed by atoms with van der Waals surface area (Å²) in [5, 5.41) is 0. The van der Waals surface area contributed by atoms with Gasteiger partial charge in [-0.05, 0) is 30.9 Å². The van der Waals surface area contributed by atoms with Crippen LogP contribution >= 0.6 is 9.16 Å². The van der Waals surface area contributed by atoms with E-state index in [0.717, 1.165) is 0 Å². The van der Waals surface area contributed by atoms with Gasteiger partial charge in [-0.3, -0.25) is 9.16 Å². The first kappa shape index (κ1) is 11.3.